The summed E-state index contributed by atoms with van der Waals surface area (Å²) in [6.07, 6.45) is 4.60. The molecule has 0 aliphatic rings. The van der Waals surface area contributed by atoms with Crippen LogP contribution in [0, 0.1) is 0 Å². The van der Waals surface area contributed by atoms with E-state index in [9.17, 15) is 0 Å². The molecule has 1 heterocycles. The van der Waals surface area contributed by atoms with E-state index in [1.165, 1.54) is 6.33 Å². The molecular formula is C12H23N5O2. The average Bonchev–Trinajstić information content (AvgIpc) is 2.45. The molecule has 0 amide bonds. The number of hydrogen-bond donors (Lipinski definition) is 3. The molecule has 0 saturated carbocycles. The van der Waals surface area contributed by atoms with E-state index in [2.05, 4.69) is 27.6 Å². The van der Waals surface area contributed by atoms with Crippen LogP contribution in [0.15, 0.2) is 6.33 Å². The standard InChI is InChI=1S/C12H23N5O2/c1-3-4-7-19-8-5-6-14-11-10(18-2)12(17-13)16-9-15-11/h9H,3-8,13H2,1-2H3,(H2,14,15,16,17). The number of nitrogens with one attached hydrogen (secondary N) is 2. The Morgan fingerprint density at radius 1 is 1.21 bits per heavy atom. The van der Waals surface area contributed by atoms with Gasteiger partial charge in [0.15, 0.2) is 11.6 Å². The minimum Gasteiger partial charge on any atom is -0.490 e. The third kappa shape index (κ3) is 5.27. The zero-order chi connectivity index (χ0) is 13.9. The maximum Gasteiger partial charge on any atom is 0.205 e. The fraction of sp³-hybridized carbons (Fsp3) is 0.667. The third-order valence-corrected chi connectivity index (χ3v) is 2.54. The van der Waals surface area contributed by atoms with E-state index in [0.29, 0.717) is 17.4 Å². The van der Waals surface area contributed by atoms with E-state index in [1.807, 2.05) is 0 Å². The maximum atomic E-state index is 5.48. The first-order valence-electron chi connectivity index (χ1n) is 6.50. The Labute approximate surface area is 113 Å². The van der Waals surface area contributed by atoms with Crippen LogP contribution < -0.4 is 21.3 Å². The van der Waals surface area contributed by atoms with Crippen LogP contribution in [0.1, 0.15) is 26.2 Å². The van der Waals surface area contributed by atoms with E-state index in [0.717, 1.165) is 39.0 Å². The molecule has 0 radical (unpaired) electrons. The number of methoxy groups -OCH3 is 1. The second kappa shape index (κ2) is 9.35. The van der Waals surface area contributed by atoms with Gasteiger partial charge in [-0.2, -0.15) is 0 Å². The van der Waals surface area contributed by atoms with Crippen molar-refractivity contribution < 1.29 is 9.47 Å². The number of nitrogens with two attached hydrogens (primary N) is 1. The summed E-state index contributed by atoms with van der Waals surface area (Å²) in [4.78, 5) is 8.09. The quantitative estimate of drug-likeness (QED) is 0.335. The third-order valence-electron chi connectivity index (χ3n) is 2.54. The summed E-state index contributed by atoms with van der Waals surface area (Å²) < 4.78 is 10.7. The topological polar surface area (TPSA) is 94.3 Å². The van der Waals surface area contributed by atoms with E-state index in [1.54, 1.807) is 7.11 Å². The van der Waals surface area contributed by atoms with Gasteiger partial charge in [-0.25, -0.2) is 15.8 Å². The minimum atomic E-state index is 0.458. The van der Waals surface area contributed by atoms with Crippen molar-refractivity contribution in [2.75, 3.05) is 37.6 Å². The zero-order valence-electron chi connectivity index (χ0n) is 11.6. The fourth-order valence-corrected chi connectivity index (χ4v) is 1.53. The number of unbranched alkanes of at least 4 members (excludes halogenated alkanes) is 1. The van der Waals surface area contributed by atoms with Crippen LogP contribution in [0.25, 0.3) is 0 Å². The molecule has 108 valence electrons. The largest absolute Gasteiger partial charge is 0.490 e. The second-order valence-corrected chi connectivity index (χ2v) is 3.99. The molecular weight excluding hydrogens is 246 g/mol. The van der Waals surface area contributed by atoms with Crippen molar-refractivity contribution in [3.63, 3.8) is 0 Å². The Bertz CT molecular complexity index is 362. The van der Waals surface area contributed by atoms with Gasteiger partial charge in [0.2, 0.25) is 5.75 Å². The number of hydrogen-bond acceptors (Lipinski definition) is 7. The number of rotatable bonds is 10. The SMILES string of the molecule is CCCCOCCCNc1ncnc(NN)c1OC. The molecule has 0 spiro atoms. The van der Waals surface area contributed by atoms with Gasteiger partial charge in [-0.1, -0.05) is 13.3 Å². The first-order chi connectivity index (χ1) is 9.33. The predicted octanol–water partition coefficient (Wildman–Crippen LogP) is 1.39. The average molecular weight is 269 g/mol. The fourth-order valence-electron chi connectivity index (χ4n) is 1.53. The Morgan fingerprint density at radius 2 is 1.95 bits per heavy atom. The lowest BCUT2D eigenvalue weighted by molar-refractivity contribution is 0.131. The highest BCUT2D eigenvalue weighted by Gasteiger charge is 2.10. The Kier molecular flexibility index (Phi) is 7.60. The highest BCUT2D eigenvalue weighted by Crippen LogP contribution is 2.27. The number of nitrogen functional groups attached to an aromatic ring is 1. The van der Waals surface area contributed by atoms with E-state index < -0.39 is 0 Å². The summed E-state index contributed by atoms with van der Waals surface area (Å²) in [6, 6.07) is 0. The molecule has 0 bridgehead atoms. The predicted molar refractivity (Wildman–Crippen MR) is 75.2 cm³/mol. The Balaban J connectivity index is 2.33. The molecule has 19 heavy (non-hydrogen) atoms. The molecule has 7 heteroatoms. The Morgan fingerprint density at radius 3 is 2.63 bits per heavy atom. The summed E-state index contributed by atoms with van der Waals surface area (Å²) in [7, 11) is 1.55. The number of hydrazine groups is 1. The summed E-state index contributed by atoms with van der Waals surface area (Å²) in [5.74, 6) is 6.94. The van der Waals surface area contributed by atoms with Crippen molar-refractivity contribution in [3.8, 4) is 5.75 Å². The van der Waals surface area contributed by atoms with E-state index >= 15 is 0 Å². The number of anilines is 2. The van der Waals surface area contributed by atoms with Crippen molar-refractivity contribution in [3.05, 3.63) is 6.33 Å². The first-order valence-corrected chi connectivity index (χ1v) is 6.50. The second-order valence-electron chi connectivity index (χ2n) is 3.99. The zero-order valence-corrected chi connectivity index (χ0v) is 11.6. The molecule has 0 aliphatic heterocycles. The van der Waals surface area contributed by atoms with Gasteiger partial charge in [0, 0.05) is 19.8 Å². The van der Waals surface area contributed by atoms with Crippen molar-refractivity contribution in [1.29, 1.82) is 0 Å². The Hall–Kier alpha value is -1.60. The normalized spacial score (nSPS) is 10.3. The van der Waals surface area contributed by atoms with Crippen LogP contribution in [0.5, 0.6) is 5.75 Å². The van der Waals surface area contributed by atoms with Gasteiger partial charge >= 0.3 is 0 Å². The summed E-state index contributed by atoms with van der Waals surface area (Å²) in [5.41, 5.74) is 2.47. The highest BCUT2D eigenvalue weighted by atomic mass is 16.5. The number of aromatic nitrogens is 2. The van der Waals surface area contributed by atoms with E-state index in [4.69, 9.17) is 15.3 Å². The van der Waals surface area contributed by atoms with Gasteiger partial charge in [0.25, 0.3) is 0 Å². The number of nitrogens with zero attached hydrogens (tertiary/aromatic N) is 2. The molecule has 1 rings (SSSR count). The minimum absolute atomic E-state index is 0.458. The molecule has 0 fully saturated rings. The van der Waals surface area contributed by atoms with Gasteiger partial charge in [-0.05, 0) is 12.8 Å². The maximum absolute atomic E-state index is 5.48. The lowest BCUT2D eigenvalue weighted by atomic mass is 10.3. The highest BCUT2D eigenvalue weighted by molar-refractivity contribution is 5.62. The van der Waals surface area contributed by atoms with Crippen LogP contribution >= 0.6 is 0 Å². The molecule has 0 atom stereocenters. The first kappa shape index (κ1) is 15.5. The summed E-state index contributed by atoms with van der Waals surface area (Å²) >= 11 is 0. The molecule has 1 aromatic heterocycles. The lowest BCUT2D eigenvalue weighted by Crippen LogP contribution is -2.13. The van der Waals surface area contributed by atoms with Crippen LogP contribution in [0.3, 0.4) is 0 Å². The van der Waals surface area contributed by atoms with Gasteiger partial charge in [0.05, 0.1) is 7.11 Å². The van der Waals surface area contributed by atoms with Crippen molar-refractivity contribution in [2.45, 2.75) is 26.2 Å². The summed E-state index contributed by atoms with van der Waals surface area (Å²) in [6.45, 7) is 4.47. The molecule has 0 aliphatic carbocycles. The van der Waals surface area contributed by atoms with Crippen LogP contribution in [0.2, 0.25) is 0 Å². The van der Waals surface area contributed by atoms with Crippen LogP contribution in [-0.4, -0.2) is 36.8 Å². The van der Waals surface area contributed by atoms with Crippen molar-refractivity contribution in [1.82, 2.24) is 9.97 Å². The van der Waals surface area contributed by atoms with E-state index in [-0.39, 0.29) is 0 Å². The molecule has 0 aromatic carbocycles. The molecule has 4 N–H and O–H groups in total. The number of ether oxygens (including phenoxy) is 2. The molecule has 1 aromatic rings. The summed E-state index contributed by atoms with van der Waals surface area (Å²) in [5, 5.41) is 3.18. The van der Waals surface area contributed by atoms with Crippen molar-refractivity contribution >= 4 is 11.6 Å². The van der Waals surface area contributed by atoms with Crippen LogP contribution in [-0.2, 0) is 4.74 Å². The molecule has 0 saturated heterocycles. The van der Waals surface area contributed by atoms with Gasteiger partial charge in [-0.15, -0.1) is 0 Å². The monoisotopic (exact) mass is 269 g/mol. The van der Waals surface area contributed by atoms with Crippen molar-refractivity contribution in [2.24, 2.45) is 5.84 Å². The van der Waals surface area contributed by atoms with Gasteiger partial charge in [0.1, 0.15) is 6.33 Å². The smallest absolute Gasteiger partial charge is 0.205 e. The van der Waals surface area contributed by atoms with Gasteiger partial charge in [-0.3, -0.25) is 0 Å². The molecule has 0 unspecified atom stereocenters. The van der Waals surface area contributed by atoms with Gasteiger partial charge < -0.3 is 20.2 Å². The van der Waals surface area contributed by atoms with Crippen LogP contribution in [0.4, 0.5) is 11.6 Å². The lowest BCUT2D eigenvalue weighted by Gasteiger charge is -2.12. The molecule has 7 nitrogen and oxygen atoms in total.